The van der Waals surface area contributed by atoms with Crippen molar-refractivity contribution in [2.45, 2.75) is 18.7 Å². The molecule has 3 aromatic carbocycles. The molecular weight excluding hydrogens is 496 g/mol. The number of nitrogens with zero attached hydrogens (tertiary/aromatic N) is 2. The monoisotopic (exact) mass is 512 g/mol. The van der Waals surface area contributed by atoms with Gasteiger partial charge < -0.3 is 9.47 Å². The largest absolute Gasteiger partial charge is 0.496 e. The van der Waals surface area contributed by atoms with E-state index in [0.29, 0.717) is 0 Å². The van der Waals surface area contributed by atoms with Crippen molar-refractivity contribution in [1.82, 2.24) is 5.01 Å². The molecule has 4 nitrogen and oxygen atoms in total. The predicted octanol–water partition coefficient (Wildman–Crippen LogP) is 6.46. The van der Waals surface area contributed by atoms with Gasteiger partial charge in [0.05, 0.1) is 24.4 Å². The molecule has 0 saturated carbocycles. The Morgan fingerprint density at radius 1 is 0.966 bits per heavy atom. The van der Waals surface area contributed by atoms with Crippen LogP contribution in [-0.4, -0.2) is 17.8 Å². The molecule has 0 fully saturated rings. The van der Waals surface area contributed by atoms with Gasteiger partial charge in [0.25, 0.3) is 0 Å². The van der Waals surface area contributed by atoms with Crippen LogP contribution in [-0.2, 0) is 0 Å². The molecule has 146 valence electrons. The Morgan fingerprint density at radius 3 is 2.52 bits per heavy atom. The van der Waals surface area contributed by atoms with Gasteiger partial charge in [-0.25, -0.2) is 5.01 Å². The van der Waals surface area contributed by atoms with Crippen molar-refractivity contribution in [3.05, 3.63) is 92.4 Å². The first kappa shape index (κ1) is 18.7. The van der Waals surface area contributed by atoms with Crippen molar-refractivity contribution in [3.8, 4) is 11.5 Å². The van der Waals surface area contributed by atoms with Crippen molar-refractivity contribution >= 4 is 37.6 Å². The number of para-hydroxylation sites is 1. The predicted molar refractivity (Wildman–Crippen MR) is 120 cm³/mol. The van der Waals surface area contributed by atoms with E-state index in [2.05, 4.69) is 73.3 Å². The maximum absolute atomic E-state index is 6.44. The fraction of sp³-hybridized carbons (Fsp3) is 0.174. The molecule has 5 rings (SSSR count). The Balaban J connectivity index is 1.62. The summed E-state index contributed by atoms with van der Waals surface area (Å²) in [4.78, 5) is 0. The zero-order valence-electron chi connectivity index (χ0n) is 15.7. The highest BCUT2D eigenvalue weighted by Gasteiger charge is 2.41. The summed E-state index contributed by atoms with van der Waals surface area (Å²) >= 11 is 7.09. The van der Waals surface area contributed by atoms with Crippen molar-refractivity contribution in [3.63, 3.8) is 0 Å². The van der Waals surface area contributed by atoms with Crippen LogP contribution in [0.5, 0.6) is 11.5 Å². The maximum Gasteiger partial charge on any atom is 0.217 e. The molecule has 2 aliphatic heterocycles. The minimum absolute atomic E-state index is 0.118. The minimum atomic E-state index is -0.365. The van der Waals surface area contributed by atoms with Crippen LogP contribution in [0.1, 0.15) is 35.4 Å². The zero-order valence-corrected chi connectivity index (χ0v) is 18.9. The molecule has 3 aromatic rings. The summed E-state index contributed by atoms with van der Waals surface area (Å²) in [6, 6.07) is 22.6. The van der Waals surface area contributed by atoms with E-state index in [4.69, 9.17) is 14.6 Å². The highest BCUT2D eigenvalue weighted by Crippen LogP contribution is 2.49. The molecule has 0 radical (unpaired) electrons. The molecule has 0 spiro atoms. The molecule has 29 heavy (non-hydrogen) atoms. The molecule has 2 aliphatic rings. The summed E-state index contributed by atoms with van der Waals surface area (Å²) < 4.78 is 14.1. The van der Waals surface area contributed by atoms with Gasteiger partial charge in [0.15, 0.2) is 0 Å². The van der Waals surface area contributed by atoms with Gasteiger partial charge in [-0.3, -0.25) is 0 Å². The van der Waals surface area contributed by atoms with Gasteiger partial charge in [-0.15, -0.1) is 0 Å². The highest BCUT2D eigenvalue weighted by molar-refractivity contribution is 9.10. The second-order valence-corrected chi connectivity index (χ2v) is 8.88. The maximum atomic E-state index is 6.44. The van der Waals surface area contributed by atoms with Crippen LogP contribution in [0, 0.1) is 0 Å². The van der Waals surface area contributed by atoms with Crippen LogP contribution in [0.3, 0.4) is 0 Å². The summed E-state index contributed by atoms with van der Waals surface area (Å²) in [7, 11) is 1.68. The Kier molecular flexibility index (Phi) is 4.84. The number of rotatable bonds is 3. The average Bonchev–Trinajstić information content (AvgIpc) is 3.19. The van der Waals surface area contributed by atoms with Crippen molar-refractivity contribution in [1.29, 1.82) is 0 Å². The van der Waals surface area contributed by atoms with Gasteiger partial charge in [0.2, 0.25) is 6.23 Å². The topological polar surface area (TPSA) is 34.1 Å². The third kappa shape index (κ3) is 3.34. The number of hydrogen-bond donors (Lipinski definition) is 0. The Hall–Kier alpha value is -2.31. The summed E-state index contributed by atoms with van der Waals surface area (Å²) in [5.41, 5.74) is 4.29. The highest BCUT2D eigenvalue weighted by atomic mass is 79.9. The van der Waals surface area contributed by atoms with Crippen LogP contribution in [0.4, 0.5) is 0 Å². The number of hydrazone groups is 1. The van der Waals surface area contributed by atoms with E-state index in [1.165, 1.54) is 0 Å². The number of fused-ring (bicyclic) bond motifs is 3. The number of ether oxygens (including phenoxy) is 2. The molecule has 0 amide bonds. The van der Waals surface area contributed by atoms with E-state index in [1.54, 1.807) is 7.11 Å². The van der Waals surface area contributed by atoms with E-state index in [9.17, 15) is 0 Å². The van der Waals surface area contributed by atoms with Gasteiger partial charge in [0, 0.05) is 20.9 Å². The number of hydrogen-bond acceptors (Lipinski definition) is 4. The second-order valence-electron chi connectivity index (χ2n) is 7.05. The molecule has 0 aliphatic carbocycles. The molecular formula is C23H18Br2N2O2. The molecule has 0 N–H and O–H groups in total. The van der Waals surface area contributed by atoms with Crippen LogP contribution in [0.25, 0.3) is 0 Å². The van der Waals surface area contributed by atoms with Gasteiger partial charge >= 0.3 is 0 Å². The van der Waals surface area contributed by atoms with Crippen LogP contribution in [0.15, 0.2) is 80.8 Å². The first-order valence-electron chi connectivity index (χ1n) is 9.35. The minimum Gasteiger partial charge on any atom is -0.496 e. The SMILES string of the molecule is COc1ccc(Br)cc1[C@H]1Oc2ccccc2[C@@H]2CC(c3ccc(Br)cc3)=NN12. The fourth-order valence-electron chi connectivity index (χ4n) is 3.95. The molecule has 2 atom stereocenters. The van der Waals surface area contributed by atoms with E-state index < -0.39 is 0 Å². The summed E-state index contributed by atoms with van der Waals surface area (Å²) in [6.45, 7) is 0. The van der Waals surface area contributed by atoms with Gasteiger partial charge in [-0.2, -0.15) is 5.10 Å². The third-order valence-electron chi connectivity index (χ3n) is 5.33. The standard InChI is InChI=1S/C23H18Br2N2O2/c1-28-21-11-10-16(25)12-18(21)23-27-20(17-4-2-3-5-22(17)29-23)13-19(26-27)14-6-8-15(24)9-7-14/h2-12,20,23H,13H2,1H3/t20-,23+/m0/s1. The zero-order chi connectivity index (χ0) is 20.0. The van der Waals surface area contributed by atoms with Gasteiger partial charge in [-0.1, -0.05) is 62.2 Å². The number of halogens is 2. The van der Waals surface area contributed by atoms with Crippen LogP contribution < -0.4 is 9.47 Å². The Bertz CT molecular complexity index is 1100. The number of methoxy groups -OCH3 is 1. The van der Waals surface area contributed by atoms with Crippen molar-refractivity contribution in [2.24, 2.45) is 5.10 Å². The normalized spacial score (nSPS) is 19.8. The molecule has 6 heteroatoms. The summed E-state index contributed by atoms with van der Waals surface area (Å²) in [5.74, 6) is 1.68. The quantitative estimate of drug-likeness (QED) is 0.403. The molecule has 0 bridgehead atoms. The first-order chi connectivity index (χ1) is 14.1. The molecule has 0 saturated heterocycles. The van der Waals surface area contributed by atoms with E-state index >= 15 is 0 Å². The van der Waals surface area contributed by atoms with Crippen molar-refractivity contribution < 1.29 is 9.47 Å². The van der Waals surface area contributed by atoms with Crippen LogP contribution in [0.2, 0.25) is 0 Å². The second kappa shape index (κ2) is 7.50. The van der Waals surface area contributed by atoms with E-state index in [1.807, 2.05) is 30.3 Å². The van der Waals surface area contributed by atoms with Gasteiger partial charge in [-0.05, 0) is 42.0 Å². The average molecular weight is 514 g/mol. The lowest BCUT2D eigenvalue weighted by atomic mass is 9.96. The summed E-state index contributed by atoms with van der Waals surface area (Å²) in [6.07, 6.45) is 0.463. The lowest BCUT2D eigenvalue weighted by molar-refractivity contribution is -0.0203. The molecule has 0 unspecified atom stereocenters. The number of benzene rings is 3. The smallest absolute Gasteiger partial charge is 0.217 e. The van der Waals surface area contributed by atoms with Crippen LogP contribution >= 0.6 is 31.9 Å². The van der Waals surface area contributed by atoms with E-state index in [-0.39, 0.29) is 12.3 Å². The molecule has 0 aromatic heterocycles. The summed E-state index contributed by atoms with van der Waals surface area (Å²) in [5, 5.41) is 7.08. The fourth-order valence-corrected chi connectivity index (χ4v) is 4.60. The third-order valence-corrected chi connectivity index (χ3v) is 6.36. The Morgan fingerprint density at radius 2 is 1.72 bits per heavy atom. The first-order valence-corrected chi connectivity index (χ1v) is 10.9. The van der Waals surface area contributed by atoms with Gasteiger partial charge in [0.1, 0.15) is 11.5 Å². The van der Waals surface area contributed by atoms with E-state index in [0.717, 1.165) is 49.3 Å². The molecule has 2 heterocycles. The lowest BCUT2D eigenvalue weighted by Crippen LogP contribution is -2.33. The lowest BCUT2D eigenvalue weighted by Gasteiger charge is -2.38. The Labute approximate surface area is 186 Å². The van der Waals surface area contributed by atoms with Crippen molar-refractivity contribution in [2.75, 3.05) is 7.11 Å².